The van der Waals surface area contributed by atoms with Gasteiger partial charge in [0.15, 0.2) is 0 Å². The first-order valence-corrected chi connectivity index (χ1v) is 13.2. The molecule has 2 aromatic heterocycles. The van der Waals surface area contributed by atoms with Crippen molar-refractivity contribution in [2.75, 3.05) is 26.2 Å². The fraction of sp³-hybridized carbons (Fsp3) is 0.556. The van der Waals surface area contributed by atoms with Gasteiger partial charge < -0.3 is 20.4 Å². The van der Waals surface area contributed by atoms with E-state index in [4.69, 9.17) is 0 Å². The molecule has 5 atom stereocenters. The molecule has 10 nitrogen and oxygen atoms in total. The second-order valence-corrected chi connectivity index (χ2v) is 11.3. The van der Waals surface area contributed by atoms with Crippen molar-refractivity contribution in [3.63, 3.8) is 0 Å². The number of nitrogens with zero attached hydrogens (tertiary/aromatic N) is 5. The quantitative estimate of drug-likeness (QED) is 0.532. The van der Waals surface area contributed by atoms with Crippen molar-refractivity contribution in [1.82, 2.24) is 30.4 Å². The maximum atomic E-state index is 13.7. The maximum Gasteiger partial charge on any atom is 0.471 e. The molecule has 2 unspecified atom stereocenters. The molecule has 5 rings (SSSR count). The molecular weight excluding hydrogens is 527 g/mol. The van der Waals surface area contributed by atoms with Crippen LogP contribution < -0.4 is 10.6 Å². The van der Waals surface area contributed by atoms with Crippen molar-refractivity contribution in [2.24, 2.45) is 17.3 Å². The van der Waals surface area contributed by atoms with E-state index in [-0.39, 0.29) is 30.3 Å². The van der Waals surface area contributed by atoms with Gasteiger partial charge in [0.25, 0.3) is 0 Å². The molecule has 3 amide bonds. The molecule has 3 aliphatic rings. The Morgan fingerprint density at radius 3 is 2.60 bits per heavy atom. The minimum Gasteiger partial charge on any atom is -0.335 e. The number of amides is 3. The molecule has 1 aliphatic carbocycles. The SMILES string of the molecule is CC1(C)[C@@H]2[C@@H](C(=O)NC(C#N)c3cncc4cccnc34)N(C(=O)C(CN3CCCC3)NC(=O)C(F)(F)F)C[C@@H]21. The Bertz CT molecular complexity index is 1360. The molecule has 13 heteroatoms. The molecule has 40 heavy (non-hydrogen) atoms. The lowest BCUT2D eigenvalue weighted by Gasteiger charge is -2.34. The zero-order valence-electron chi connectivity index (χ0n) is 22.1. The van der Waals surface area contributed by atoms with Gasteiger partial charge in [-0.25, -0.2) is 0 Å². The van der Waals surface area contributed by atoms with Crippen LogP contribution in [0.3, 0.4) is 0 Å². The summed E-state index contributed by atoms with van der Waals surface area (Å²) >= 11 is 0. The molecule has 0 radical (unpaired) electrons. The second kappa shape index (κ2) is 10.3. The van der Waals surface area contributed by atoms with Gasteiger partial charge in [-0.3, -0.25) is 24.4 Å². The fourth-order valence-corrected chi connectivity index (χ4v) is 6.30. The van der Waals surface area contributed by atoms with Crippen LogP contribution in [-0.2, 0) is 14.4 Å². The number of nitriles is 1. The first kappa shape index (κ1) is 27.8. The molecule has 2 N–H and O–H groups in total. The average Bonchev–Trinajstić information content (AvgIpc) is 3.34. The van der Waals surface area contributed by atoms with E-state index in [1.54, 1.807) is 24.5 Å². The second-order valence-electron chi connectivity index (χ2n) is 11.3. The number of likely N-dealkylation sites (tertiary alicyclic amines) is 2. The molecule has 3 fully saturated rings. The van der Waals surface area contributed by atoms with Crippen molar-refractivity contribution in [1.29, 1.82) is 5.26 Å². The van der Waals surface area contributed by atoms with Crippen LogP contribution in [0.25, 0.3) is 10.9 Å². The lowest BCUT2D eigenvalue weighted by Crippen LogP contribution is -2.59. The van der Waals surface area contributed by atoms with E-state index in [1.165, 1.54) is 11.1 Å². The third-order valence-electron chi connectivity index (χ3n) is 8.53. The third-order valence-corrected chi connectivity index (χ3v) is 8.53. The Morgan fingerprint density at radius 1 is 1.20 bits per heavy atom. The summed E-state index contributed by atoms with van der Waals surface area (Å²) < 4.78 is 39.4. The summed E-state index contributed by atoms with van der Waals surface area (Å²) in [4.78, 5) is 50.9. The normalized spacial score (nSPS) is 25.1. The number of nitrogens with one attached hydrogen (secondary N) is 2. The number of piperidine rings is 1. The fourth-order valence-electron chi connectivity index (χ4n) is 6.30. The van der Waals surface area contributed by atoms with Crippen LogP contribution in [-0.4, -0.2) is 81.9 Å². The lowest BCUT2D eigenvalue weighted by molar-refractivity contribution is -0.175. The summed E-state index contributed by atoms with van der Waals surface area (Å²) in [6, 6.07) is 1.96. The highest BCUT2D eigenvalue weighted by Gasteiger charge is 2.69. The number of carbonyl (C=O) groups is 3. The van der Waals surface area contributed by atoms with Crippen molar-refractivity contribution >= 4 is 28.6 Å². The summed E-state index contributed by atoms with van der Waals surface area (Å²) in [7, 11) is 0. The van der Waals surface area contributed by atoms with Crippen molar-refractivity contribution < 1.29 is 27.6 Å². The molecular formula is C27H30F3N7O3. The molecule has 2 aromatic rings. The number of halogens is 3. The van der Waals surface area contributed by atoms with Gasteiger partial charge in [-0.2, -0.15) is 18.4 Å². The van der Waals surface area contributed by atoms with Crippen molar-refractivity contribution in [3.05, 3.63) is 36.3 Å². The lowest BCUT2D eigenvalue weighted by atomic mass is 9.98. The highest BCUT2D eigenvalue weighted by atomic mass is 19.4. The Balaban J connectivity index is 1.40. The predicted octanol–water partition coefficient (Wildman–Crippen LogP) is 1.94. The van der Waals surface area contributed by atoms with Crippen molar-refractivity contribution in [3.8, 4) is 6.07 Å². The Morgan fingerprint density at radius 2 is 1.93 bits per heavy atom. The summed E-state index contributed by atoms with van der Waals surface area (Å²) in [6.45, 7) is 5.23. The van der Waals surface area contributed by atoms with Crippen LogP contribution in [0, 0.1) is 28.6 Å². The van der Waals surface area contributed by atoms with Crippen LogP contribution in [0.2, 0.25) is 0 Å². The van der Waals surface area contributed by atoms with Gasteiger partial charge in [-0.05, 0) is 55.3 Å². The number of pyridine rings is 2. The molecule has 1 saturated carbocycles. The predicted molar refractivity (Wildman–Crippen MR) is 136 cm³/mol. The van der Waals surface area contributed by atoms with Crippen LogP contribution >= 0.6 is 0 Å². The van der Waals surface area contributed by atoms with Crippen molar-refractivity contribution in [2.45, 2.75) is 51.0 Å². The number of rotatable bonds is 7. The topological polar surface area (TPSA) is 131 Å². The van der Waals surface area contributed by atoms with Gasteiger partial charge >= 0.3 is 12.1 Å². The zero-order valence-corrected chi connectivity index (χ0v) is 22.1. The molecule has 4 heterocycles. The third kappa shape index (κ3) is 5.08. The summed E-state index contributed by atoms with van der Waals surface area (Å²) in [5, 5.41) is 15.2. The molecule has 0 aromatic carbocycles. The average molecular weight is 558 g/mol. The van der Waals surface area contributed by atoms with E-state index >= 15 is 0 Å². The Hall–Kier alpha value is -3.79. The first-order valence-electron chi connectivity index (χ1n) is 13.2. The van der Waals surface area contributed by atoms with Gasteiger partial charge in [0, 0.05) is 42.6 Å². The monoisotopic (exact) mass is 557 g/mol. The number of aromatic nitrogens is 2. The summed E-state index contributed by atoms with van der Waals surface area (Å²) in [5.41, 5.74) is 0.609. The molecule has 2 saturated heterocycles. The smallest absolute Gasteiger partial charge is 0.335 e. The maximum absolute atomic E-state index is 13.7. The van der Waals surface area contributed by atoms with E-state index in [0.29, 0.717) is 29.6 Å². The molecule has 0 spiro atoms. The Kier molecular flexibility index (Phi) is 7.16. The summed E-state index contributed by atoms with van der Waals surface area (Å²) in [5.74, 6) is -3.82. The van der Waals surface area contributed by atoms with Gasteiger partial charge in [-0.15, -0.1) is 0 Å². The minimum atomic E-state index is -5.16. The molecule has 2 aliphatic heterocycles. The zero-order chi connectivity index (χ0) is 28.8. The number of carbonyl (C=O) groups excluding carboxylic acids is 3. The van der Waals surface area contributed by atoms with Crippen LogP contribution in [0.1, 0.15) is 38.3 Å². The largest absolute Gasteiger partial charge is 0.471 e. The number of alkyl halides is 3. The highest BCUT2D eigenvalue weighted by Crippen LogP contribution is 2.65. The van der Waals surface area contributed by atoms with E-state index in [1.807, 2.05) is 24.1 Å². The number of fused-ring (bicyclic) bond motifs is 2. The van der Waals surface area contributed by atoms with Crippen LogP contribution in [0.5, 0.6) is 0 Å². The Labute approximate surface area is 228 Å². The minimum absolute atomic E-state index is 0.0422. The standard InChI is InChI=1S/C27H30F3N7O3/c1-26(2)17-13-37(24(39)19(14-36-8-3-4-9-36)35-25(40)27(28,29)30)22(20(17)26)23(38)34-18(10-31)16-12-32-11-15-6-5-7-33-21(15)16/h5-7,11-12,17-20,22H,3-4,8-9,13-14H2,1-2H3,(H,34,38)(H,35,40)/t17-,18?,19?,20-,22-/m0/s1. The van der Waals surface area contributed by atoms with E-state index in [2.05, 4.69) is 21.4 Å². The van der Waals surface area contributed by atoms with Gasteiger partial charge in [-0.1, -0.05) is 13.8 Å². The van der Waals surface area contributed by atoms with Gasteiger partial charge in [0.2, 0.25) is 11.8 Å². The van der Waals surface area contributed by atoms with E-state index < -0.39 is 42.0 Å². The molecule has 212 valence electrons. The van der Waals surface area contributed by atoms with Crippen LogP contribution in [0.4, 0.5) is 13.2 Å². The first-order chi connectivity index (χ1) is 18.9. The van der Waals surface area contributed by atoms with Crippen LogP contribution in [0.15, 0.2) is 30.7 Å². The number of hydrogen-bond donors (Lipinski definition) is 2. The summed E-state index contributed by atoms with van der Waals surface area (Å²) in [6.07, 6.45) is 1.13. The van der Waals surface area contributed by atoms with Gasteiger partial charge in [0.1, 0.15) is 18.1 Å². The number of hydrogen-bond acceptors (Lipinski definition) is 7. The molecule has 0 bridgehead atoms. The van der Waals surface area contributed by atoms with Gasteiger partial charge in [0.05, 0.1) is 11.6 Å². The highest BCUT2D eigenvalue weighted by molar-refractivity contribution is 5.95. The van der Waals surface area contributed by atoms with E-state index in [9.17, 15) is 32.8 Å². The van der Waals surface area contributed by atoms with E-state index in [0.717, 1.165) is 12.8 Å².